The van der Waals surface area contributed by atoms with Crippen molar-refractivity contribution in [2.24, 2.45) is 5.92 Å². The molecule has 0 aromatic rings. The highest BCUT2D eigenvalue weighted by atomic mass is 16.1. The zero-order valence-electron chi connectivity index (χ0n) is 7.88. The van der Waals surface area contributed by atoms with Crippen molar-refractivity contribution >= 4 is 6.29 Å². The summed E-state index contributed by atoms with van der Waals surface area (Å²) in [5.41, 5.74) is 0. The van der Waals surface area contributed by atoms with Gasteiger partial charge in [-0.3, -0.25) is 0 Å². The van der Waals surface area contributed by atoms with Gasteiger partial charge in [-0.15, -0.1) is 0 Å². The first kappa shape index (κ1) is 9.72. The maximum atomic E-state index is 10.6. The first-order valence-corrected chi connectivity index (χ1v) is 4.99. The number of aldehydes is 1. The van der Waals surface area contributed by atoms with Gasteiger partial charge in [0.2, 0.25) is 0 Å². The second-order valence-electron chi connectivity index (χ2n) is 3.74. The zero-order chi connectivity index (χ0) is 8.81. The number of nitrogens with one attached hydrogen (secondary N) is 1. The minimum atomic E-state index is 0.334. The molecule has 1 N–H and O–H groups in total. The Morgan fingerprint density at radius 3 is 2.58 bits per heavy atom. The Labute approximate surface area is 74.7 Å². The van der Waals surface area contributed by atoms with Crippen molar-refractivity contribution in [1.82, 2.24) is 5.32 Å². The first-order valence-electron chi connectivity index (χ1n) is 4.99. The Kier molecular flexibility index (Phi) is 4.30. The van der Waals surface area contributed by atoms with Crippen LogP contribution in [0.2, 0.25) is 0 Å². The molecule has 12 heavy (non-hydrogen) atoms. The van der Waals surface area contributed by atoms with Gasteiger partial charge in [0.1, 0.15) is 6.29 Å². The average Bonchev–Trinajstić information content (AvgIpc) is 2.05. The molecule has 2 atom stereocenters. The van der Waals surface area contributed by atoms with Crippen LogP contribution in [0, 0.1) is 5.92 Å². The fourth-order valence-electron chi connectivity index (χ4n) is 1.93. The van der Waals surface area contributed by atoms with Crippen LogP contribution in [0.4, 0.5) is 0 Å². The zero-order valence-corrected chi connectivity index (χ0v) is 7.88. The lowest BCUT2D eigenvalue weighted by Crippen LogP contribution is -2.27. The van der Waals surface area contributed by atoms with E-state index in [1.54, 1.807) is 0 Å². The lowest BCUT2D eigenvalue weighted by Gasteiger charge is -2.21. The summed E-state index contributed by atoms with van der Waals surface area (Å²) in [5.74, 6) is 0.334. The summed E-state index contributed by atoms with van der Waals surface area (Å²) >= 11 is 0. The highest BCUT2D eigenvalue weighted by Gasteiger charge is 2.14. The van der Waals surface area contributed by atoms with Crippen LogP contribution in [0.5, 0.6) is 0 Å². The Morgan fingerprint density at radius 1 is 1.17 bits per heavy atom. The molecule has 2 heteroatoms. The molecule has 0 saturated heterocycles. The van der Waals surface area contributed by atoms with Crippen molar-refractivity contribution in [2.45, 2.75) is 44.6 Å². The van der Waals surface area contributed by atoms with E-state index < -0.39 is 0 Å². The Balaban J connectivity index is 2.33. The molecule has 0 aromatic carbocycles. The van der Waals surface area contributed by atoms with Gasteiger partial charge in [-0.2, -0.15) is 0 Å². The third-order valence-corrected chi connectivity index (χ3v) is 2.86. The van der Waals surface area contributed by atoms with Gasteiger partial charge in [-0.1, -0.05) is 12.8 Å². The second-order valence-corrected chi connectivity index (χ2v) is 3.74. The molecule has 1 aliphatic rings. The first-order chi connectivity index (χ1) is 5.86. The lowest BCUT2D eigenvalue weighted by molar-refractivity contribution is -0.111. The van der Waals surface area contributed by atoms with Gasteiger partial charge in [-0.25, -0.2) is 0 Å². The molecule has 70 valence electrons. The number of hydrogen-bond donors (Lipinski definition) is 1. The molecule has 1 rings (SSSR count). The smallest absolute Gasteiger partial charge is 0.123 e. The monoisotopic (exact) mass is 169 g/mol. The van der Waals surface area contributed by atoms with Gasteiger partial charge in [0, 0.05) is 12.0 Å². The van der Waals surface area contributed by atoms with Crippen LogP contribution in [0.25, 0.3) is 0 Å². The molecule has 0 heterocycles. The van der Waals surface area contributed by atoms with Crippen molar-refractivity contribution in [3.8, 4) is 0 Å². The van der Waals surface area contributed by atoms with Crippen LogP contribution in [0.15, 0.2) is 0 Å². The van der Waals surface area contributed by atoms with Gasteiger partial charge >= 0.3 is 0 Å². The van der Waals surface area contributed by atoms with Crippen LogP contribution in [0.1, 0.15) is 38.5 Å². The molecule has 2 nitrogen and oxygen atoms in total. The van der Waals surface area contributed by atoms with E-state index >= 15 is 0 Å². The SMILES string of the molecule is CNC1CCCC[C@@H](C=O)CC1. The van der Waals surface area contributed by atoms with E-state index in [1.807, 2.05) is 7.05 Å². The van der Waals surface area contributed by atoms with Gasteiger partial charge in [-0.05, 0) is 32.7 Å². The van der Waals surface area contributed by atoms with Crippen LogP contribution in [-0.4, -0.2) is 19.4 Å². The highest BCUT2D eigenvalue weighted by molar-refractivity contribution is 5.53. The van der Waals surface area contributed by atoms with Crippen LogP contribution >= 0.6 is 0 Å². The number of carbonyl (C=O) groups is 1. The molecule has 0 bridgehead atoms. The van der Waals surface area contributed by atoms with Crippen molar-refractivity contribution in [3.05, 3.63) is 0 Å². The third-order valence-electron chi connectivity index (χ3n) is 2.86. The van der Waals surface area contributed by atoms with Crippen molar-refractivity contribution in [3.63, 3.8) is 0 Å². The number of hydrogen-bond acceptors (Lipinski definition) is 2. The van der Waals surface area contributed by atoms with Gasteiger partial charge in [0.15, 0.2) is 0 Å². The third kappa shape index (κ3) is 2.94. The normalized spacial score (nSPS) is 32.1. The molecule has 0 radical (unpaired) electrons. The largest absolute Gasteiger partial charge is 0.317 e. The molecule has 0 spiro atoms. The topological polar surface area (TPSA) is 29.1 Å². The lowest BCUT2D eigenvalue weighted by atomic mass is 9.90. The summed E-state index contributed by atoms with van der Waals surface area (Å²) in [5, 5.41) is 3.30. The summed E-state index contributed by atoms with van der Waals surface area (Å²) in [6.07, 6.45) is 8.27. The summed E-state index contributed by atoms with van der Waals surface area (Å²) in [6, 6.07) is 0.646. The molecular weight excluding hydrogens is 150 g/mol. The van der Waals surface area contributed by atoms with Crippen molar-refractivity contribution in [1.29, 1.82) is 0 Å². The number of carbonyl (C=O) groups excluding carboxylic acids is 1. The molecular formula is C10H19NO. The molecule has 1 saturated carbocycles. The van der Waals surface area contributed by atoms with Gasteiger partial charge < -0.3 is 10.1 Å². The highest BCUT2D eigenvalue weighted by Crippen LogP contribution is 2.20. The molecule has 1 fully saturated rings. The van der Waals surface area contributed by atoms with E-state index in [9.17, 15) is 4.79 Å². The van der Waals surface area contributed by atoms with E-state index in [0.29, 0.717) is 12.0 Å². The van der Waals surface area contributed by atoms with Crippen LogP contribution in [0.3, 0.4) is 0 Å². The van der Waals surface area contributed by atoms with E-state index in [2.05, 4.69) is 5.32 Å². The fraction of sp³-hybridized carbons (Fsp3) is 0.900. The maximum absolute atomic E-state index is 10.6. The Morgan fingerprint density at radius 2 is 1.92 bits per heavy atom. The minimum Gasteiger partial charge on any atom is -0.317 e. The molecule has 0 aliphatic heterocycles. The summed E-state index contributed by atoms with van der Waals surface area (Å²) in [4.78, 5) is 10.6. The number of rotatable bonds is 2. The molecule has 0 amide bonds. The average molecular weight is 169 g/mol. The maximum Gasteiger partial charge on any atom is 0.123 e. The van der Waals surface area contributed by atoms with Crippen molar-refractivity contribution in [2.75, 3.05) is 7.05 Å². The summed E-state index contributed by atoms with van der Waals surface area (Å²) in [7, 11) is 2.02. The fourth-order valence-corrected chi connectivity index (χ4v) is 1.93. The van der Waals surface area contributed by atoms with Crippen LogP contribution < -0.4 is 5.32 Å². The molecule has 1 aliphatic carbocycles. The Hall–Kier alpha value is -0.370. The molecule has 0 aromatic heterocycles. The predicted molar refractivity (Wildman–Crippen MR) is 50.1 cm³/mol. The van der Waals surface area contributed by atoms with E-state index in [4.69, 9.17) is 0 Å². The molecule has 1 unspecified atom stereocenters. The van der Waals surface area contributed by atoms with Crippen molar-refractivity contribution < 1.29 is 4.79 Å². The van der Waals surface area contributed by atoms with E-state index in [0.717, 1.165) is 19.1 Å². The van der Waals surface area contributed by atoms with Gasteiger partial charge in [0.05, 0.1) is 0 Å². The minimum absolute atomic E-state index is 0.334. The Bertz CT molecular complexity index is 136. The van der Waals surface area contributed by atoms with E-state index in [-0.39, 0.29) is 0 Å². The van der Waals surface area contributed by atoms with Gasteiger partial charge in [0.25, 0.3) is 0 Å². The van der Waals surface area contributed by atoms with Crippen LogP contribution in [-0.2, 0) is 4.79 Å². The quantitative estimate of drug-likeness (QED) is 0.638. The van der Waals surface area contributed by atoms with E-state index in [1.165, 1.54) is 25.7 Å². The standard InChI is InChI=1S/C10H19NO/c1-11-10-5-3-2-4-9(8-12)6-7-10/h8-11H,2-7H2,1H3/t9-,10?/m1/s1. The summed E-state index contributed by atoms with van der Waals surface area (Å²) in [6.45, 7) is 0. The predicted octanol–water partition coefficient (Wildman–Crippen LogP) is 1.74. The second kappa shape index (κ2) is 5.31. The summed E-state index contributed by atoms with van der Waals surface area (Å²) < 4.78 is 0.